The van der Waals surface area contributed by atoms with Crippen LogP contribution in [-0.2, 0) is 9.53 Å². The average Bonchev–Trinajstić information content (AvgIpc) is 3.25. The van der Waals surface area contributed by atoms with Gasteiger partial charge in [0.05, 0.1) is 13.2 Å². The fourth-order valence-corrected chi connectivity index (χ4v) is 10.0. The molecule has 6 rings (SSSR count). The Morgan fingerprint density at radius 3 is 2.71 bits per heavy atom. The van der Waals surface area contributed by atoms with Crippen LogP contribution in [0.15, 0.2) is 0 Å². The molecule has 2 aliphatic heterocycles. The molecule has 6 fully saturated rings. The molecule has 4 aliphatic carbocycles. The van der Waals surface area contributed by atoms with Crippen LogP contribution in [-0.4, -0.2) is 24.7 Å². The van der Waals surface area contributed by atoms with Crippen molar-refractivity contribution in [2.45, 2.75) is 90.1 Å². The normalized spacial score (nSPS) is 53.1. The zero-order valence-corrected chi connectivity index (χ0v) is 18.0. The number of nitrogens with zero attached hydrogens (tertiary/aromatic N) is 1. The monoisotopic (exact) mass is 384 g/mol. The minimum Gasteiger partial charge on any atom is -0.469 e. The number of carbonyl (C=O) groups is 1. The van der Waals surface area contributed by atoms with Crippen molar-refractivity contribution < 1.29 is 9.53 Å². The molecule has 8 atom stereocenters. The number of hydrogen-bond donors (Lipinski definition) is 1. The molecular formula is C24H36N2O2. The number of esters is 1. The maximum Gasteiger partial charge on any atom is 0.305 e. The van der Waals surface area contributed by atoms with Gasteiger partial charge in [0, 0.05) is 17.9 Å². The van der Waals surface area contributed by atoms with E-state index in [4.69, 9.17) is 4.74 Å². The van der Waals surface area contributed by atoms with E-state index in [0.29, 0.717) is 41.5 Å². The average molecular weight is 385 g/mol. The van der Waals surface area contributed by atoms with Crippen LogP contribution < -0.4 is 5.32 Å². The maximum atomic E-state index is 12.3. The molecular weight excluding hydrogens is 348 g/mol. The Hall–Kier alpha value is -1.08. The number of piperidine rings is 2. The van der Waals surface area contributed by atoms with Crippen LogP contribution in [0.25, 0.3) is 0 Å². The number of nitrogens with one attached hydrogen (secondary N) is 1. The molecule has 4 heteroatoms. The summed E-state index contributed by atoms with van der Waals surface area (Å²) in [5, 5.41) is 14.9. The van der Waals surface area contributed by atoms with Crippen molar-refractivity contribution in [2.24, 2.45) is 39.9 Å². The number of methoxy groups -OCH3 is 1. The summed E-state index contributed by atoms with van der Waals surface area (Å²) in [7, 11) is 1.50. The number of hydrogen-bond acceptors (Lipinski definition) is 4. The summed E-state index contributed by atoms with van der Waals surface area (Å²) in [6.07, 6.45) is 10.1. The standard InChI is InChI=1S/C24H36N2O2/c1-15(2)16-7-11-21(3)17-8-12-22-10-5-6-18(22)23(21,13-9-19(27)28-4)24(16,14-25)26-20(17)22/h15-18,20,26H,5-13H2,1-4H3/t16-,17?,18-,20-,21+,22-,23-,24-/m1/s1. The molecule has 0 radical (unpaired) electrons. The number of ether oxygens (including phenoxy) is 1. The molecule has 154 valence electrons. The third kappa shape index (κ3) is 1.76. The van der Waals surface area contributed by atoms with E-state index in [1.165, 1.54) is 45.6 Å². The van der Waals surface area contributed by atoms with E-state index in [-0.39, 0.29) is 16.8 Å². The van der Waals surface area contributed by atoms with Gasteiger partial charge in [-0.05, 0) is 79.4 Å². The molecule has 1 spiro atoms. The predicted octanol–water partition coefficient (Wildman–Crippen LogP) is 4.44. The van der Waals surface area contributed by atoms with Crippen molar-refractivity contribution >= 4 is 5.97 Å². The molecule has 6 bridgehead atoms. The topological polar surface area (TPSA) is 62.1 Å². The van der Waals surface area contributed by atoms with Gasteiger partial charge < -0.3 is 4.74 Å². The van der Waals surface area contributed by atoms with E-state index in [1.807, 2.05) is 0 Å². The molecule has 1 N–H and O–H groups in total. The summed E-state index contributed by atoms with van der Waals surface area (Å²) in [6.45, 7) is 7.10. The second-order valence-electron chi connectivity index (χ2n) is 11.2. The largest absolute Gasteiger partial charge is 0.469 e. The quantitative estimate of drug-likeness (QED) is 0.728. The SMILES string of the molecule is COC(=O)CC[C@]12[C@@H]3CCC[C@@]34CCC3[C@H]4N[C@]1(C#N)[C@@H](C(C)C)CC[C@@]32C. The lowest BCUT2D eigenvalue weighted by atomic mass is 9.30. The first-order chi connectivity index (χ1) is 13.3. The summed E-state index contributed by atoms with van der Waals surface area (Å²) < 4.78 is 5.08. The smallest absolute Gasteiger partial charge is 0.305 e. The second kappa shape index (κ2) is 5.75. The van der Waals surface area contributed by atoms with Gasteiger partial charge in [0.15, 0.2) is 0 Å². The van der Waals surface area contributed by atoms with Crippen LogP contribution in [0, 0.1) is 51.2 Å². The highest BCUT2D eigenvalue weighted by Crippen LogP contribution is 2.83. The van der Waals surface area contributed by atoms with E-state index in [9.17, 15) is 10.1 Å². The molecule has 28 heavy (non-hydrogen) atoms. The van der Waals surface area contributed by atoms with Gasteiger partial charge in [0.2, 0.25) is 0 Å². The molecule has 0 aromatic rings. The molecule has 4 nitrogen and oxygen atoms in total. The van der Waals surface area contributed by atoms with E-state index in [1.54, 1.807) is 0 Å². The fraction of sp³-hybridized carbons (Fsp3) is 0.917. The van der Waals surface area contributed by atoms with E-state index in [0.717, 1.165) is 12.8 Å². The summed E-state index contributed by atoms with van der Waals surface area (Å²) in [5.74, 6) is 1.97. The molecule has 6 aliphatic rings. The Morgan fingerprint density at radius 2 is 2.04 bits per heavy atom. The van der Waals surface area contributed by atoms with Crippen molar-refractivity contribution in [1.82, 2.24) is 5.32 Å². The number of rotatable bonds is 4. The van der Waals surface area contributed by atoms with E-state index in [2.05, 4.69) is 32.2 Å². The van der Waals surface area contributed by atoms with Crippen LogP contribution in [0.2, 0.25) is 0 Å². The fourth-order valence-electron chi connectivity index (χ4n) is 10.0. The molecule has 2 saturated heterocycles. The molecule has 4 saturated carbocycles. The highest BCUT2D eigenvalue weighted by molar-refractivity contribution is 5.69. The van der Waals surface area contributed by atoms with Crippen LogP contribution in [0.3, 0.4) is 0 Å². The van der Waals surface area contributed by atoms with Gasteiger partial charge >= 0.3 is 5.97 Å². The van der Waals surface area contributed by atoms with Crippen LogP contribution >= 0.6 is 0 Å². The Kier molecular flexibility index (Phi) is 3.88. The van der Waals surface area contributed by atoms with E-state index >= 15 is 0 Å². The lowest BCUT2D eigenvalue weighted by Crippen LogP contribution is -2.86. The van der Waals surface area contributed by atoms with Gasteiger partial charge in [0.1, 0.15) is 5.54 Å². The molecule has 0 aromatic heterocycles. The van der Waals surface area contributed by atoms with Crippen molar-refractivity contribution in [1.29, 1.82) is 5.26 Å². The molecule has 0 amide bonds. The second-order valence-corrected chi connectivity index (χ2v) is 11.2. The van der Waals surface area contributed by atoms with E-state index < -0.39 is 5.54 Å². The first-order valence-electron chi connectivity index (χ1n) is 11.6. The zero-order valence-electron chi connectivity index (χ0n) is 18.0. The highest BCUT2D eigenvalue weighted by Gasteiger charge is 2.84. The van der Waals surface area contributed by atoms with Crippen molar-refractivity contribution in [3.63, 3.8) is 0 Å². The Balaban J connectivity index is 1.74. The summed E-state index contributed by atoms with van der Waals surface area (Å²) >= 11 is 0. The van der Waals surface area contributed by atoms with Crippen LogP contribution in [0.1, 0.15) is 78.6 Å². The van der Waals surface area contributed by atoms with Gasteiger partial charge in [-0.3, -0.25) is 10.1 Å². The Morgan fingerprint density at radius 1 is 1.25 bits per heavy atom. The van der Waals surface area contributed by atoms with Crippen molar-refractivity contribution in [2.75, 3.05) is 7.11 Å². The summed E-state index contributed by atoms with van der Waals surface area (Å²) in [6, 6.07) is 3.44. The first-order valence-corrected chi connectivity index (χ1v) is 11.6. The lowest BCUT2D eigenvalue weighted by Gasteiger charge is -2.78. The van der Waals surface area contributed by atoms with Gasteiger partial charge in [-0.25, -0.2) is 0 Å². The minimum atomic E-state index is -0.494. The maximum absolute atomic E-state index is 12.3. The molecule has 1 unspecified atom stereocenters. The minimum absolute atomic E-state index is 0.109. The third-order valence-electron chi connectivity index (χ3n) is 10.8. The lowest BCUT2D eigenvalue weighted by molar-refractivity contribution is -0.270. The van der Waals surface area contributed by atoms with Crippen molar-refractivity contribution in [3.05, 3.63) is 0 Å². The van der Waals surface area contributed by atoms with Gasteiger partial charge in [0.25, 0.3) is 0 Å². The number of carbonyl (C=O) groups excluding carboxylic acids is 1. The van der Waals surface area contributed by atoms with Crippen LogP contribution in [0.4, 0.5) is 0 Å². The Bertz CT molecular complexity index is 743. The third-order valence-corrected chi connectivity index (χ3v) is 10.8. The van der Waals surface area contributed by atoms with Gasteiger partial charge in [-0.2, -0.15) is 5.26 Å². The predicted molar refractivity (Wildman–Crippen MR) is 107 cm³/mol. The first kappa shape index (κ1) is 18.9. The molecule has 2 heterocycles. The summed E-state index contributed by atoms with van der Waals surface area (Å²) in [5.41, 5.74) is -0.0681. The van der Waals surface area contributed by atoms with Gasteiger partial charge in [-0.1, -0.05) is 27.2 Å². The highest BCUT2D eigenvalue weighted by atomic mass is 16.5. The number of nitriles is 1. The molecule has 0 aromatic carbocycles. The summed E-state index contributed by atoms with van der Waals surface area (Å²) in [4.78, 5) is 12.3. The van der Waals surface area contributed by atoms with Crippen LogP contribution in [0.5, 0.6) is 0 Å². The Labute approximate surface area is 169 Å². The van der Waals surface area contributed by atoms with Gasteiger partial charge in [-0.15, -0.1) is 0 Å². The van der Waals surface area contributed by atoms with Crippen molar-refractivity contribution in [3.8, 4) is 6.07 Å². The zero-order chi connectivity index (χ0) is 19.9.